The molecule has 0 aliphatic heterocycles. The van der Waals surface area contributed by atoms with Crippen LogP contribution in [-0.4, -0.2) is 8.42 Å². The third kappa shape index (κ3) is 4.59. The summed E-state index contributed by atoms with van der Waals surface area (Å²) in [5.41, 5.74) is 0.648. The van der Waals surface area contributed by atoms with Gasteiger partial charge in [0.2, 0.25) is 9.84 Å². The summed E-state index contributed by atoms with van der Waals surface area (Å²) in [5.74, 6) is -0.362. The Morgan fingerprint density at radius 2 is 1.36 bits per heavy atom. The predicted octanol–water partition coefficient (Wildman–Crippen LogP) is 5.39. The van der Waals surface area contributed by atoms with Gasteiger partial charge in [0.1, 0.15) is 5.82 Å². The molecule has 0 aliphatic rings. The second-order valence-electron chi connectivity index (χ2n) is 5.26. The highest BCUT2D eigenvalue weighted by atomic mass is 32.2. The summed E-state index contributed by atoms with van der Waals surface area (Å²) in [7, 11) is -3.61. The lowest BCUT2D eigenvalue weighted by Gasteiger charge is -2.09. The van der Waals surface area contributed by atoms with Gasteiger partial charge in [0.05, 0.1) is 10.3 Å². The summed E-state index contributed by atoms with van der Waals surface area (Å²) >= 11 is 1.33. The molecule has 0 heterocycles. The van der Waals surface area contributed by atoms with Crippen LogP contribution in [0.4, 0.5) is 4.39 Å². The lowest BCUT2D eigenvalue weighted by molar-refractivity contribution is 0.605. The molecule has 0 saturated carbocycles. The second kappa shape index (κ2) is 7.68. The molecule has 0 atom stereocenters. The third-order valence-corrected chi connectivity index (χ3v) is 6.14. The van der Waals surface area contributed by atoms with E-state index in [1.807, 2.05) is 30.3 Å². The summed E-state index contributed by atoms with van der Waals surface area (Å²) in [4.78, 5) is 1.67. The maximum atomic E-state index is 13.2. The average Bonchev–Trinajstić information content (AvgIpc) is 2.63. The Kier molecular flexibility index (Phi) is 5.36. The molecule has 5 heteroatoms. The van der Waals surface area contributed by atoms with Crippen LogP contribution in [-0.2, 0) is 9.84 Å². The molecule has 0 saturated heterocycles. The van der Waals surface area contributed by atoms with E-state index in [0.717, 1.165) is 4.90 Å². The fourth-order valence-corrected chi connectivity index (χ4v) is 4.66. The molecule has 25 heavy (non-hydrogen) atoms. The van der Waals surface area contributed by atoms with Crippen molar-refractivity contribution in [3.05, 3.63) is 102 Å². The average molecular weight is 370 g/mol. The lowest BCUT2D eigenvalue weighted by Crippen LogP contribution is -1.97. The van der Waals surface area contributed by atoms with Crippen molar-refractivity contribution in [2.45, 2.75) is 9.79 Å². The molecule has 0 radical (unpaired) electrons. The first-order chi connectivity index (χ1) is 12.0. The van der Waals surface area contributed by atoms with Crippen LogP contribution in [0.3, 0.4) is 0 Å². The van der Waals surface area contributed by atoms with Gasteiger partial charge in [-0.2, -0.15) is 0 Å². The molecular weight excluding hydrogens is 355 g/mol. The van der Waals surface area contributed by atoms with Gasteiger partial charge in [-0.1, -0.05) is 60.3 Å². The van der Waals surface area contributed by atoms with E-state index in [0.29, 0.717) is 10.5 Å². The van der Waals surface area contributed by atoms with Crippen molar-refractivity contribution in [3.63, 3.8) is 0 Å². The van der Waals surface area contributed by atoms with Gasteiger partial charge in [0.25, 0.3) is 0 Å². The normalized spacial score (nSPS) is 12.1. The molecule has 0 aliphatic carbocycles. The van der Waals surface area contributed by atoms with Crippen molar-refractivity contribution in [2.24, 2.45) is 0 Å². The third-order valence-electron chi connectivity index (χ3n) is 3.43. The van der Waals surface area contributed by atoms with Crippen molar-refractivity contribution in [1.29, 1.82) is 0 Å². The molecule has 126 valence electrons. The summed E-state index contributed by atoms with van der Waals surface area (Å²) in [6.45, 7) is 0. The first-order valence-electron chi connectivity index (χ1n) is 7.55. The molecule has 3 aromatic rings. The Morgan fingerprint density at radius 1 is 0.800 bits per heavy atom. The monoisotopic (exact) mass is 370 g/mol. The fourth-order valence-electron chi connectivity index (χ4n) is 2.20. The van der Waals surface area contributed by atoms with Gasteiger partial charge in [-0.25, -0.2) is 12.8 Å². The van der Waals surface area contributed by atoms with E-state index < -0.39 is 9.84 Å². The topological polar surface area (TPSA) is 34.1 Å². The standard InChI is InChI=1S/C20H15FO2S2/c21-17-13-11-16(12-14-17)20(24-18-7-3-1-4-8-18)15-25(22,23)19-9-5-2-6-10-19/h1-15H/b20-15+. The largest absolute Gasteiger partial charge is 0.219 e. The van der Waals surface area contributed by atoms with E-state index in [1.165, 1.54) is 29.3 Å². The Labute approximate surface area is 150 Å². The molecule has 3 rings (SSSR count). The Hall–Kier alpha value is -2.37. The highest BCUT2D eigenvalue weighted by Crippen LogP contribution is 2.35. The van der Waals surface area contributed by atoms with E-state index in [2.05, 4.69) is 0 Å². The van der Waals surface area contributed by atoms with Crippen LogP contribution in [0.15, 0.2) is 100 Å². The van der Waals surface area contributed by atoms with Crippen LogP contribution in [0.25, 0.3) is 4.91 Å². The first-order valence-corrected chi connectivity index (χ1v) is 9.91. The van der Waals surface area contributed by atoms with Crippen LogP contribution in [0, 0.1) is 5.82 Å². The summed E-state index contributed by atoms with van der Waals surface area (Å²) in [6, 6.07) is 23.5. The van der Waals surface area contributed by atoms with E-state index in [9.17, 15) is 12.8 Å². The number of hydrogen-bond donors (Lipinski definition) is 0. The summed E-state index contributed by atoms with van der Waals surface area (Å²) in [5, 5.41) is 1.24. The molecule has 0 aromatic heterocycles. The zero-order chi connectivity index (χ0) is 17.7. The molecular formula is C20H15FO2S2. The predicted molar refractivity (Wildman–Crippen MR) is 100 cm³/mol. The van der Waals surface area contributed by atoms with Crippen LogP contribution < -0.4 is 0 Å². The first kappa shape index (κ1) is 17.5. The number of hydrogen-bond acceptors (Lipinski definition) is 3. The number of halogens is 1. The van der Waals surface area contributed by atoms with Crippen LogP contribution in [0.2, 0.25) is 0 Å². The van der Waals surface area contributed by atoms with E-state index in [-0.39, 0.29) is 10.7 Å². The highest BCUT2D eigenvalue weighted by molar-refractivity contribution is 8.09. The van der Waals surface area contributed by atoms with Crippen molar-refractivity contribution < 1.29 is 12.8 Å². The van der Waals surface area contributed by atoms with Gasteiger partial charge in [-0.15, -0.1) is 0 Å². The molecule has 0 spiro atoms. The molecule has 3 aromatic carbocycles. The SMILES string of the molecule is O=S(=O)(/C=C(/Sc1ccccc1)c1ccc(F)cc1)c1ccccc1. The minimum atomic E-state index is -3.61. The van der Waals surface area contributed by atoms with Crippen molar-refractivity contribution in [3.8, 4) is 0 Å². The summed E-state index contributed by atoms with van der Waals surface area (Å²) in [6.07, 6.45) is 0. The molecule has 2 nitrogen and oxygen atoms in total. The fraction of sp³-hybridized carbons (Fsp3) is 0. The van der Waals surface area contributed by atoms with Crippen LogP contribution in [0.1, 0.15) is 5.56 Å². The number of thioether (sulfide) groups is 1. The van der Waals surface area contributed by atoms with Gasteiger partial charge in [-0.3, -0.25) is 0 Å². The lowest BCUT2D eigenvalue weighted by atomic mass is 10.2. The van der Waals surface area contributed by atoms with Gasteiger partial charge >= 0.3 is 0 Å². The van der Waals surface area contributed by atoms with Crippen molar-refractivity contribution >= 4 is 26.5 Å². The highest BCUT2D eigenvalue weighted by Gasteiger charge is 2.15. The van der Waals surface area contributed by atoms with E-state index in [1.54, 1.807) is 42.5 Å². The maximum absolute atomic E-state index is 13.2. The van der Waals surface area contributed by atoms with Gasteiger partial charge in [0.15, 0.2) is 0 Å². The summed E-state index contributed by atoms with van der Waals surface area (Å²) < 4.78 is 38.7. The number of rotatable bonds is 5. The van der Waals surface area contributed by atoms with Gasteiger partial charge < -0.3 is 0 Å². The molecule has 0 N–H and O–H groups in total. The van der Waals surface area contributed by atoms with Gasteiger partial charge in [0, 0.05) is 9.80 Å². The quantitative estimate of drug-likeness (QED) is 0.565. The molecule has 0 amide bonds. The van der Waals surface area contributed by atoms with Crippen molar-refractivity contribution in [1.82, 2.24) is 0 Å². The number of sulfone groups is 1. The Morgan fingerprint density at radius 3 is 1.96 bits per heavy atom. The van der Waals surface area contributed by atoms with Gasteiger partial charge in [-0.05, 0) is 42.0 Å². The minimum Gasteiger partial charge on any atom is -0.219 e. The van der Waals surface area contributed by atoms with Crippen molar-refractivity contribution in [2.75, 3.05) is 0 Å². The smallest absolute Gasteiger partial charge is 0.200 e. The minimum absolute atomic E-state index is 0.225. The Bertz CT molecular complexity index is 965. The molecule has 0 fully saturated rings. The van der Waals surface area contributed by atoms with E-state index >= 15 is 0 Å². The van der Waals surface area contributed by atoms with E-state index in [4.69, 9.17) is 0 Å². The number of benzene rings is 3. The zero-order valence-corrected chi connectivity index (χ0v) is 14.8. The molecule has 0 bridgehead atoms. The maximum Gasteiger partial charge on any atom is 0.200 e. The molecule has 0 unspecified atom stereocenters. The van der Waals surface area contributed by atoms with Crippen LogP contribution in [0.5, 0.6) is 0 Å². The zero-order valence-electron chi connectivity index (χ0n) is 13.2. The Balaban J connectivity index is 2.05. The van der Waals surface area contributed by atoms with Crippen LogP contribution >= 0.6 is 11.8 Å². The second-order valence-corrected chi connectivity index (χ2v) is 8.17.